The SMILES string of the molecule is CCCn1nc(C(=O)NC[C@@H](C)N2CCCC2)ccc1=O. The Bertz CT molecular complexity index is 535. The smallest absolute Gasteiger partial charge is 0.271 e. The van der Waals surface area contributed by atoms with Crippen molar-refractivity contribution < 1.29 is 4.79 Å². The van der Waals surface area contributed by atoms with Crippen molar-refractivity contribution in [1.29, 1.82) is 0 Å². The summed E-state index contributed by atoms with van der Waals surface area (Å²) in [5.74, 6) is -0.217. The zero-order valence-corrected chi connectivity index (χ0v) is 12.8. The summed E-state index contributed by atoms with van der Waals surface area (Å²) >= 11 is 0. The molecule has 0 saturated carbocycles. The van der Waals surface area contributed by atoms with E-state index in [1.54, 1.807) is 0 Å². The Morgan fingerprint density at radius 1 is 1.38 bits per heavy atom. The van der Waals surface area contributed by atoms with Crippen LogP contribution in [0.2, 0.25) is 0 Å². The first kappa shape index (κ1) is 15.7. The van der Waals surface area contributed by atoms with Crippen LogP contribution in [-0.4, -0.2) is 46.3 Å². The predicted molar refractivity (Wildman–Crippen MR) is 81.4 cm³/mol. The number of carbonyl (C=O) groups excluding carboxylic acids is 1. The predicted octanol–water partition coefficient (Wildman–Crippen LogP) is 0.867. The number of hydrogen-bond acceptors (Lipinski definition) is 4. The van der Waals surface area contributed by atoms with E-state index in [4.69, 9.17) is 0 Å². The molecule has 2 heterocycles. The summed E-state index contributed by atoms with van der Waals surface area (Å²) in [6.07, 6.45) is 3.29. The van der Waals surface area contributed by atoms with E-state index in [9.17, 15) is 9.59 Å². The Balaban J connectivity index is 1.93. The molecule has 6 heteroatoms. The van der Waals surface area contributed by atoms with Crippen molar-refractivity contribution in [1.82, 2.24) is 20.0 Å². The molecule has 1 atom stereocenters. The highest BCUT2D eigenvalue weighted by atomic mass is 16.2. The van der Waals surface area contributed by atoms with Gasteiger partial charge in [-0.05, 0) is 45.3 Å². The van der Waals surface area contributed by atoms with Crippen LogP contribution in [0, 0.1) is 0 Å². The van der Waals surface area contributed by atoms with Gasteiger partial charge in [0.15, 0.2) is 0 Å². The van der Waals surface area contributed by atoms with Crippen LogP contribution < -0.4 is 10.9 Å². The van der Waals surface area contributed by atoms with Crippen molar-refractivity contribution in [3.05, 3.63) is 28.2 Å². The van der Waals surface area contributed by atoms with Crippen molar-refractivity contribution in [2.45, 2.75) is 45.7 Å². The topological polar surface area (TPSA) is 67.2 Å². The number of amides is 1. The van der Waals surface area contributed by atoms with E-state index in [1.807, 2.05) is 6.92 Å². The van der Waals surface area contributed by atoms with E-state index in [-0.39, 0.29) is 11.5 Å². The van der Waals surface area contributed by atoms with Crippen LogP contribution in [0.1, 0.15) is 43.6 Å². The Labute approximate surface area is 125 Å². The molecule has 0 aromatic carbocycles. The standard InChI is InChI=1S/C15H24N4O2/c1-3-8-19-14(20)7-6-13(17-19)15(21)16-11-12(2)18-9-4-5-10-18/h6-7,12H,3-5,8-11H2,1-2H3,(H,16,21)/t12-/m1/s1. The number of hydrogen-bond donors (Lipinski definition) is 1. The number of aryl methyl sites for hydroxylation is 1. The molecule has 2 rings (SSSR count). The van der Waals surface area contributed by atoms with Crippen molar-refractivity contribution in [3.63, 3.8) is 0 Å². The van der Waals surface area contributed by atoms with Crippen molar-refractivity contribution in [3.8, 4) is 0 Å². The Kier molecular flexibility index (Phi) is 5.50. The molecule has 1 aromatic heterocycles. The number of carbonyl (C=O) groups is 1. The second kappa shape index (κ2) is 7.36. The lowest BCUT2D eigenvalue weighted by Gasteiger charge is -2.23. The molecule has 0 aliphatic carbocycles. The third-order valence-electron chi connectivity index (χ3n) is 3.86. The van der Waals surface area contributed by atoms with E-state index in [1.165, 1.54) is 29.7 Å². The van der Waals surface area contributed by atoms with Gasteiger partial charge in [-0.1, -0.05) is 6.92 Å². The zero-order chi connectivity index (χ0) is 15.2. The molecule has 1 aromatic rings. The molecule has 1 aliphatic rings. The highest BCUT2D eigenvalue weighted by molar-refractivity contribution is 5.91. The molecule has 0 bridgehead atoms. The van der Waals surface area contributed by atoms with E-state index in [0.29, 0.717) is 24.8 Å². The van der Waals surface area contributed by atoms with Gasteiger partial charge in [0.25, 0.3) is 11.5 Å². The van der Waals surface area contributed by atoms with E-state index in [2.05, 4.69) is 22.2 Å². The van der Waals surface area contributed by atoms with Gasteiger partial charge in [-0.2, -0.15) is 5.10 Å². The normalized spacial score (nSPS) is 16.9. The van der Waals surface area contributed by atoms with Gasteiger partial charge in [0.05, 0.1) is 0 Å². The third-order valence-corrected chi connectivity index (χ3v) is 3.86. The van der Waals surface area contributed by atoms with Crippen LogP contribution in [-0.2, 0) is 6.54 Å². The second-order valence-corrected chi connectivity index (χ2v) is 5.58. The lowest BCUT2D eigenvalue weighted by molar-refractivity contribution is 0.0932. The highest BCUT2D eigenvalue weighted by Gasteiger charge is 2.19. The van der Waals surface area contributed by atoms with E-state index in [0.717, 1.165) is 19.5 Å². The minimum absolute atomic E-state index is 0.168. The van der Waals surface area contributed by atoms with Crippen LogP contribution in [0.25, 0.3) is 0 Å². The van der Waals surface area contributed by atoms with Crippen LogP contribution in [0.4, 0.5) is 0 Å². The summed E-state index contributed by atoms with van der Waals surface area (Å²) in [6.45, 7) is 7.44. The maximum Gasteiger partial charge on any atom is 0.271 e. The van der Waals surface area contributed by atoms with Gasteiger partial charge in [-0.25, -0.2) is 4.68 Å². The molecule has 1 N–H and O–H groups in total. The second-order valence-electron chi connectivity index (χ2n) is 5.58. The molecule has 1 saturated heterocycles. The molecule has 0 spiro atoms. The monoisotopic (exact) mass is 292 g/mol. The summed E-state index contributed by atoms with van der Waals surface area (Å²) < 4.78 is 1.35. The van der Waals surface area contributed by atoms with Gasteiger partial charge in [0, 0.05) is 25.2 Å². The first-order valence-electron chi connectivity index (χ1n) is 7.72. The number of rotatable bonds is 6. The van der Waals surface area contributed by atoms with Gasteiger partial charge in [0.2, 0.25) is 0 Å². The molecule has 1 fully saturated rings. The van der Waals surface area contributed by atoms with Crippen LogP contribution in [0.5, 0.6) is 0 Å². The largest absolute Gasteiger partial charge is 0.349 e. The van der Waals surface area contributed by atoms with Gasteiger partial charge >= 0.3 is 0 Å². The molecule has 6 nitrogen and oxygen atoms in total. The summed E-state index contributed by atoms with van der Waals surface area (Å²) in [6, 6.07) is 3.23. The first-order chi connectivity index (χ1) is 10.1. The number of likely N-dealkylation sites (tertiary alicyclic amines) is 1. The fourth-order valence-electron chi connectivity index (χ4n) is 2.58. The van der Waals surface area contributed by atoms with Crippen LogP contribution >= 0.6 is 0 Å². The number of aromatic nitrogens is 2. The summed E-state index contributed by atoms with van der Waals surface area (Å²) in [7, 11) is 0. The lowest BCUT2D eigenvalue weighted by atomic mass is 10.3. The molecule has 0 unspecified atom stereocenters. The van der Waals surface area contributed by atoms with Crippen LogP contribution in [0.3, 0.4) is 0 Å². The maximum atomic E-state index is 12.1. The third kappa shape index (κ3) is 4.14. The molecule has 21 heavy (non-hydrogen) atoms. The van der Waals surface area contributed by atoms with Gasteiger partial charge in [-0.15, -0.1) is 0 Å². The fourth-order valence-corrected chi connectivity index (χ4v) is 2.58. The van der Waals surface area contributed by atoms with Gasteiger partial charge in [-0.3, -0.25) is 14.5 Å². The average molecular weight is 292 g/mol. The molecule has 0 radical (unpaired) electrons. The Morgan fingerprint density at radius 2 is 2.10 bits per heavy atom. The van der Waals surface area contributed by atoms with Crippen molar-refractivity contribution in [2.24, 2.45) is 0 Å². The van der Waals surface area contributed by atoms with Crippen molar-refractivity contribution >= 4 is 5.91 Å². The summed E-state index contributed by atoms with van der Waals surface area (Å²) in [5.41, 5.74) is 0.135. The number of nitrogens with one attached hydrogen (secondary N) is 1. The minimum Gasteiger partial charge on any atom is -0.349 e. The van der Waals surface area contributed by atoms with E-state index < -0.39 is 0 Å². The Morgan fingerprint density at radius 3 is 2.76 bits per heavy atom. The summed E-state index contributed by atoms with van der Waals surface area (Å²) in [5, 5.41) is 7.02. The zero-order valence-electron chi connectivity index (χ0n) is 12.8. The van der Waals surface area contributed by atoms with Crippen LogP contribution in [0.15, 0.2) is 16.9 Å². The van der Waals surface area contributed by atoms with Crippen molar-refractivity contribution in [2.75, 3.05) is 19.6 Å². The van der Waals surface area contributed by atoms with E-state index >= 15 is 0 Å². The Hall–Kier alpha value is -1.69. The molecular formula is C15H24N4O2. The summed E-state index contributed by atoms with van der Waals surface area (Å²) in [4.78, 5) is 26.1. The lowest BCUT2D eigenvalue weighted by Crippen LogP contribution is -2.41. The molecule has 1 aliphatic heterocycles. The fraction of sp³-hybridized carbons (Fsp3) is 0.667. The quantitative estimate of drug-likeness (QED) is 0.845. The minimum atomic E-state index is -0.217. The maximum absolute atomic E-state index is 12.1. The highest BCUT2D eigenvalue weighted by Crippen LogP contribution is 2.10. The molecule has 116 valence electrons. The van der Waals surface area contributed by atoms with Gasteiger partial charge < -0.3 is 5.32 Å². The first-order valence-corrected chi connectivity index (χ1v) is 7.72. The number of nitrogens with zero attached hydrogens (tertiary/aromatic N) is 3. The molecule has 1 amide bonds. The molecular weight excluding hydrogens is 268 g/mol. The van der Waals surface area contributed by atoms with Gasteiger partial charge in [0.1, 0.15) is 5.69 Å². The average Bonchev–Trinajstić information content (AvgIpc) is 3.01.